The van der Waals surface area contributed by atoms with E-state index in [1.807, 2.05) is 31.1 Å². The summed E-state index contributed by atoms with van der Waals surface area (Å²) in [4.78, 5) is 25.1. The molecule has 1 unspecified atom stereocenters. The molecule has 0 aliphatic carbocycles. The van der Waals surface area contributed by atoms with Gasteiger partial charge in [-0.05, 0) is 38.4 Å². The zero-order valence-corrected chi connectivity index (χ0v) is 12.4. The quantitative estimate of drug-likeness (QED) is 0.809. The molecular formula is C15H21N3O3. The molecular weight excluding hydrogens is 270 g/mol. The number of amides is 2. The second-order valence-electron chi connectivity index (χ2n) is 5.37. The SMILES string of the molecule is CN(C)CCOc1ccc(NC(=O)C2CNC(=O)C2)cc1. The Morgan fingerprint density at radius 2 is 2.10 bits per heavy atom. The summed E-state index contributed by atoms with van der Waals surface area (Å²) in [5.74, 6) is 0.287. The minimum Gasteiger partial charge on any atom is -0.492 e. The van der Waals surface area contributed by atoms with E-state index in [0.717, 1.165) is 12.3 Å². The number of anilines is 1. The first kappa shape index (κ1) is 15.3. The van der Waals surface area contributed by atoms with Gasteiger partial charge in [-0.2, -0.15) is 0 Å². The highest BCUT2D eigenvalue weighted by atomic mass is 16.5. The van der Waals surface area contributed by atoms with Crippen LogP contribution in [0.15, 0.2) is 24.3 Å². The number of hydrogen-bond acceptors (Lipinski definition) is 4. The molecule has 1 aliphatic heterocycles. The van der Waals surface area contributed by atoms with Gasteiger partial charge in [0.1, 0.15) is 12.4 Å². The smallest absolute Gasteiger partial charge is 0.229 e. The van der Waals surface area contributed by atoms with Crippen LogP contribution in [-0.2, 0) is 9.59 Å². The van der Waals surface area contributed by atoms with E-state index in [1.165, 1.54) is 0 Å². The van der Waals surface area contributed by atoms with Gasteiger partial charge in [-0.3, -0.25) is 9.59 Å². The molecule has 6 nitrogen and oxygen atoms in total. The summed E-state index contributed by atoms with van der Waals surface area (Å²) in [6.07, 6.45) is 0.261. The number of benzene rings is 1. The Bertz CT molecular complexity index is 499. The number of carbonyl (C=O) groups excluding carboxylic acids is 2. The van der Waals surface area contributed by atoms with Gasteiger partial charge in [0.2, 0.25) is 11.8 Å². The first-order valence-electron chi connectivity index (χ1n) is 7.00. The largest absolute Gasteiger partial charge is 0.492 e. The van der Waals surface area contributed by atoms with Gasteiger partial charge in [0.25, 0.3) is 0 Å². The van der Waals surface area contributed by atoms with E-state index >= 15 is 0 Å². The lowest BCUT2D eigenvalue weighted by Gasteiger charge is -2.12. The number of nitrogens with one attached hydrogen (secondary N) is 2. The lowest BCUT2D eigenvalue weighted by molar-refractivity contribution is -0.123. The molecule has 21 heavy (non-hydrogen) atoms. The number of likely N-dealkylation sites (N-methyl/N-ethyl adjacent to an activating group) is 1. The van der Waals surface area contributed by atoms with Crippen LogP contribution in [0.4, 0.5) is 5.69 Å². The molecule has 2 amide bonds. The van der Waals surface area contributed by atoms with Crippen LogP contribution in [0.5, 0.6) is 5.75 Å². The zero-order chi connectivity index (χ0) is 15.2. The number of hydrogen-bond donors (Lipinski definition) is 2. The average molecular weight is 291 g/mol. The Morgan fingerprint density at radius 1 is 1.38 bits per heavy atom. The molecule has 2 N–H and O–H groups in total. The number of carbonyl (C=O) groups is 2. The lowest BCUT2D eigenvalue weighted by atomic mass is 10.1. The minimum absolute atomic E-state index is 0.0696. The second-order valence-corrected chi connectivity index (χ2v) is 5.37. The van der Waals surface area contributed by atoms with Crippen molar-refractivity contribution in [3.05, 3.63) is 24.3 Å². The zero-order valence-electron chi connectivity index (χ0n) is 12.4. The van der Waals surface area contributed by atoms with Crippen molar-refractivity contribution in [2.24, 2.45) is 5.92 Å². The van der Waals surface area contributed by atoms with Crippen LogP contribution in [0, 0.1) is 5.92 Å². The molecule has 6 heteroatoms. The molecule has 1 saturated heterocycles. The molecule has 2 rings (SSSR count). The van der Waals surface area contributed by atoms with Gasteiger partial charge >= 0.3 is 0 Å². The van der Waals surface area contributed by atoms with E-state index < -0.39 is 0 Å². The maximum Gasteiger partial charge on any atom is 0.229 e. The third kappa shape index (κ3) is 4.75. The highest BCUT2D eigenvalue weighted by molar-refractivity contribution is 5.97. The third-order valence-corrected chi connectivity index (χ3v) is 3.28. The van der Waals surface area contributed by atoms with Crippen molar-refractivity contribution in [3.8, 4) is 5.75 Å². The van der Waals surface area contributed by atoms with Crippen LogP contribution in [0.2, 0.25) is 0 Å². The molecule has 0 bridgehead atoms. The van der Waals surface area contributed by atoms with Crippen LogP contribution in [0.3, 0.4) is 0 Å². The van der Waals surface area contributed by atoms with Gasteiger partial charge in [-0.15, -0.1) is 0 Å². The van der Waals surface area contributed by atoms with E-state index in [1.54, 1.807) is 12.1 Å². The van der Waals surface area contributed by atoms with Crippen LogP contribution in [-0.4, -0.2) is 50.5 Å². The van der Waals surface area contributed by atoms with Gasteiger partial charge in [-0.25, -0.2) is 0 Å². The lowest BCUT2D eigenvalue weighted by Crippen LogP contribution is -2.24. The summed E-state index contributed by atoms with van der Waals surface area (Å²) in [6.45, 7) is 1.88. The van der Waals surface area contributed by atoms with E-state index in [0.29, 0.717) is 18.8 Å². The molecule has 1 atom stereocenters. The maximum atomic E-state index is 12.0. The predicted octanol–water partition coefficient (Wildman–Crippen LogP) is 0.702. The number of nitrogens with zero attached hydrogens (tertiary/aromatic N) is 1. The molecule has 1 heterocycles. The van der Waals surface area contributed by atoms with Gasteiger partial charge in [0.05, 0.1) is 5.92 Å². The normalized spacial score (nSPS) is 17.7. The molecule has 1 aromatic rings. The van der Waals surface area contributed by atoms with Crippen LogP contribution in [0.1, 0.15) is 6.42 Å². The average Bonchev–Trinajstić information content (AvgIpc) is 2.87. The second kappa shape index (κ2) is 7.08. The molecule has 1 aromatic carbocycles. The van der Waals surface area contributed by atoms with Crippen LogP contribution < -0.4 is 15.4 Å². The molecule has 0 aromatic heterocycles. The molecule has 114 valence electrons. The van der Waals surface area contributed by atoms with E-state index in [9.17, 15) is 9.59 Å². The Hall–Kier alpha value is -2.08. The highest BCUT2D eigenvalue weighted by Crippen LogP contribution is 2.18. The van der Waals surface area contributed by atoms with Crippen molar-refractivity contribution in [2.75, 3.05) is 39.1 Å². The predicted molar refractivity (Wildman–Crippen MR) is 80.2 cm³/mol. The summed E-state index contributed by atoms with van der Waals surface area (Å²) >= 11 is 0. The highest BCUT2D eigenvalue weighted by Gasteiger charge is 2.27. The Balaban J connectivity index is 1.81. The van der Waals surface area contributed by atoms with Crippen molar-refractivity contribution in [2.45, 2.75) is 6.42 Å². The van der Waals surface area contributed by atoms with Crippen LogP contribution >= 0.6 is 0 Å². The molecule has 0 radical (unpaired) electrons. The van der Waals surface area contributed by atoms with Crippen molar-refractivity contribution in [1.82, 2.24) is 10.2 Å². The van der Waals surface area contributed by atoms with E-state index in [4.69, 9.17) is 4.74 Å². The Morgan fingerprint density at radius 3 is 2.67 bits per heavy atom. The number of rotatable bonds is 6. The van der Waals surface area contributed by atoms with Crippen molar-refractivity contribution in [3.63, 3.8) is 0 Å². The van der Waals surface area contributed by atoms with E-state index in [-0.39, 0.29) is 24.2 Å². The molecule has 0 saturated carbocycles. The van der Waals surface area contributed by atoms with E-state index in [2.05, 4.69) is 10.6 Å². The van der Waals surface area contributed by atoms with Gasteiger partial charge in [-0.1, -0.05) is 0 Å². The Labute approximate surface area is 124 Å². The third-order valence-electron chi connectivity index (χ3n) is 3.28. The summed E-state index contributed by atoms with van der Waals surface area (Å²) in [6, 6.07) is 7.24. The minimum atomic E-state index is -0.284. The standard InChI is InChI=1S/C15H21N3O3/c1-18(2)7-8-21-13-5-3-12(4-6-13)17-15(20)11-9-14(19)16-10-11/h3-6,11H,7-10H2,1-2H3,(H,16,19)(H,17,20). The van der Waals surface area contributed by atoms with Crippen molar-refractivity contribution in [1.29, 1.82) is 0 Å². The Kier molecular flexibility index (Phi) is 5.16. The van der Waals surface area contributed by atoms with Gasteiger partial charge in [0, 0.05) is 25.2 Å². The fourth-order valence-corrected chi connectivity index (χ4v) is 2.02. The van der Waals surface area contributed by atoms with Crippen molar-refractivity contribution >= 4 is 17.5 Å². The monoisotopic (exact) mass is 291 g/mol. The molecule has 1 fully saturated rings. The van der Waals surface area contributed by atoms with Crippen LogP contribution in [0.25, 0.3) is 0 Å². The summed E-state index contributed by atoms with van der Waals surface area (Å²) in [7, 11) is 3.98. The molecule has 1 aliphatic rings. The van der Waals surface area contributed by atoms with Gasteiger partial charge < -0.3 is 20.3 Å². The fraction of sp³-hybridized carbons (Fsp3) is 0.467. The van der Waals surface area contributed by atoms with Crippen molar-refractivity contribution < 1.29 is 14.3 Å². The first-order valence-corrected chi connectivity index (χ1v) is 7.00. The first-order chi connectivity index (χ1) is 10.0. The summed E-state index contributed by atoms with van der Waals surface area (Å²) in [5.41, 5.74) is 0.708. The summed E-state index contributed by atoms with van der Waals surface area (Å²) < 4.78 is 5.58. The maximum absolute atomic E-state index is 12.0. The van der Waals surface area contributed by atoms with Gasteiger partial charge in [0.15, 0.2) is 0 Å². The fourth-order valence-electron chi connectivity index (χ4n) is 2.02. The topological polar surface area (TPSA) is 70.7 Å². The summed E-state index contributed by atoms with van der Waals surface area (Å²) in [5, 5.41) is 5.46. The number of ether oxygens (including phenoxy) is 1. The molecule has 0 spiro atoms.